The maximum Gasteiger partial charge on any atom is 0.0345 e. The Morgan fingerprint density at radius 2 is 1.78 bits per heavy atom. The third-order valence-electron chi connectivity index (χ3n) is 4.96. The second kappa shape index (κ2) is 5.89. The first-order chi connectivity index (χ1) is 8.46. The quantitative estimate of drug-likeness (QED) is 0.827. The molecule has 2 aliphatic rings. The Bertz CT molecular complexity index is 254. The molecule has 1 saturated carbocycles. The van der Waals surface area contributed by atoms with Gasteiger partial charge in [0.1, 0.15) is 0 Å². The molecule has 2 fully saturated rings. The fraction of sp³-hybridized carbons (Fsp3) is 1.00. The molecule has 0 aromatic carbocycles. The van der Waals surface area contributed by atoms with E-state index in [1.54, 1.807) is 0 Å². The van der Waals surface area contributed by atoms with E-state index < -0.39 is 0 Å². The van der Waals surface area contributed by atoms with Gasteiger partial charge in [0.15, 0.2) is 0 Å². The normalized spacial score (nSPS) is 31.7. The molecule has 0 radical (unpaired) electrons. The zero-order chi connectivity index (χ0) is 13.2. The van der Waals surface area contributed by atoms with Gasteiger partial charge in [0.2, 0.25) is 0 Å². The molecule has 1 aliphatic heterocycles. The Hall–Kier alpha value is -0.120. The van der Waals surface area contributed by atoms with Gasteiger partial charge in [-0.25, -0.2) is 0 Å². The lowest BCUT2D eigenvalue weighted by Gasteiger charge is -2.40. The molecule has 0 bridgehead atoms. The van der Waals surface area contributed by atoms with Gasteiger partial charge in [-0.2, -0.15) is 0 Å². The molecule has 3 nitrogen and oxygen atoms in total. The zero-order valence-corrected chi connectivity index (χ0v) is 12.7. The van der Waals surface area contributed by atoms with Crippen molar-refractivity contribution in [2.75, 3.05) is 40.3 Å². The molecule has 0 spiro atoms. The molecule has 2 rings (SSSR count). The first-order valence-electron chi connectivity index (χ1n) is 7.58. The van der Waals surface area contributed by atoms with E-state index in [0.29, 0.717) is 11.5 Å². The minimum atomic E-state index is 0.583. The number of likely N-dealkylation sites (N-methyl/N-ethyl adjacent to an activating group) is 2. The summed E-state index contributed by atoms with van der Waals surface area (Å²) >= 11 is 0. The summed E-state index contributed by atoms with van der Waals surface area (Å²) in [5, 5.41) is 3.81. The molecule has 18 heavy (non-hydrogen) atoms. The van der Waals surface area contributed by atoms with Gasteiger partial charge in [-0.1, -0.05) is 13.8 Å². The van der Waals surface area contributed by atoms with Gasteiger partial charge in [-0.3, -0.25) is 4.90 Å². The van der Waals surface area contributed by atoms with Gasteiger partial charge in [0.05, 0.1) is 0 Å². The molecule has 1 unspecified atom stereocenters. The van der Waals surface area contributed by atoms with E-state index in [9.17, 15) is 0 Å². The topological polar surface area (TPSA) is 18.5 Å². The van der Waals surface area contributed by atoms with Crippen LogP contribution in [0, 0.1) is 5.41 Å². The third kappa shape index (κ3) is 3.94. The van der Waals surface area contributed by atoms with Gasteiger partial charge in [-0.05, 0) is 45.2 Å². The highest BCUT2D eigenvalue weighted by Gasteiger charge is 2.28. The summed E-state index contributed by atoms with van der Waals surface area (Å²) in [4.78, 5) is 4.97. The van der Waals surface area contributed by atoms with Crippen LogP contribution in [0.5, 0.6) is 0 Å². The predicted molar refractivity (Wildman–Crippen MR) is 78.0 cm³/mol. The van der Waals surface area contributed by atoms with Gasteiger partial charge in [-0.15, -0.1) is 0 Å². The van der Waals surface area contributed by atoms with Gasteiger partial charge in [0.25, 0.3) is 0 Å². The van der Waals surface area contributed by atoms with Crippen molar-refractivity contribution >= 4 is 0 Å². The van der Waals surface area contributed by atoms with Crippen molar-refractivity contribution in [3.8, 4) is 0 Å². The van der Waals surface area contributed by atoms with Crippen LogP contribution in [0.4, 0.5) is 0 Å². The van der Waals surface area contributed by atoms with Crippen LogP contribution in [0.2, 0.25) is 0 Å². The second-order valence-corrected chi connectivity index (χ2v) is 7.24. The van der Waals surface area contributed by atoms with Crippen molar-refractivity contribution < 1.29 is 0 Å². The Labute approximate surface area is 113 Å². The smallest absolute Gasteiger partial charge is 0.0345 e. The number of nitrogens with zero attached hydrogens (tertiary/aromatic N) is 2. The number of piperazine rings is 1. The summed E-state index contributed by atoms with van der Waals surface area (Å²) in [6, 6.07) is 1.46. The summed E-state index contributed by atoms with van der Waals surface area (Å²) in [5.41, 5.74) is 0.583. The molecule has 106 valence electrons. The lowest BCUT2D eigenvalue weighted by Crippen LogP contribution is -2.55. The van der Waals surface area contributed by atoms with Crippen molar-refractivity contribution in [3.05, 3.63) is 0 Å². The molecule has 1 N–H and O–H groups in total. The van der Waals surface area contributed by atoms with Crippen LogP contribution in [0.25, 0.3) is 0 Å². The van der Waals surface area contributed by atoms with Crippen LogP contribution in [0.3, 0.4) is 0 Å². The van der Waals surface area contributed by atoms with E-state index in [-0.39, 0.29) is 0 Å². The highest BCUT2D eigenvalue weighted by atomic mass is 15.3. The van der Waals surface area contributed by atoms with Crippen molar-refractivity contribution in [2.24, 2.45) is 5.41 Å². The van der Waals surface area contributed by atoms with Crippen LogP contribution in [0.1, 0.15) is 39.5 Å². The van der Waals surface area contributed by atoms with Gasteiger partial charge in [0, 0.05) is 38.3 Å². The van der Waals surface area contributed by atoms with Crippen LogP contribution in [0.15, 0.2) is 0 Å². The van der Waals surface area contributed by atoms with E-state index >= 15 is 0 Å². The fourth-order valence-electron chi connectivity index (χ4n) is 3.23. The maximum absolute atomic E-state index is 3.81. The van der Waals surface area contributed by atoms with Crippen molar-refractivity contribution in [3.63, 3.8) is 0 Å². The van der Waals surface area contributed by atoms with Crippen LogP contribution >= 0.6 is 0 Å². The SMILES string of the molecule is CN1CCN(C)C(CNC2CCC(C)(C)CC2)C1. The van der Waals surface area contributed by atoms with Gasteiger partial charge >= 0.3 is 0 Å². The van der Waals surface area contributed by atoms with E-state index in [1.165, 1.54) is 45.3 Å². The molecule has 1 aliphatic carbocycles. The minimum absolute atomic E-state index is 0.583. The standard InChI is InChI=1S/C15H31N3/c1-15(2)7-5-13(6-8-15)16-11-14-12-17(3)9-10-18(14)4/h13-14,16H,5-12H2,1-4H3. The number of hydrogen-bond donors (Lipinski definition) is 1. The van der Waals surface area contributed by atoms with Crippen LogP contribution in [-0.4, -0.2) is 62.2 Å². The maximum atomic E-state index is 3.81. The predicted octanol–water partition coefficient (Wildman–Crippen LogP) is 1.79. The van der Waals surface area contributed by atoms with Crippen molar-refractivity contribution in [2.45, 2.75) is 51.6 Å². The molecule has 1 heterocycles. The van der Waals surface area contributed by atoms with Crippen molar-refractivity contribution in [1.29, 1.82) is 0 Å². The summed E-state index contributed by atoms with van der Waals surface area (Å²) < 4.78 is 0. The molecular formula is C15H31N3. The lowest BCUT2D eigenvalue weighted by molar-refractivity contribution is 0.107. The molecule has 3 heteroatoms. The largest absolute Gasteiger partial charge is 0.312 e. The molecule has 0 aromatic heterocycles. The van der Waals surface area contributed by atoms with E-state index in [4.69, 9.17) is 0 Å². The van der Waals surface area contributed by atoms with E-state index in [2.05, 4.69) is 43.1 Å². The summed E-state index contributed by atoms with van der Waals surface area (Å²) in [6.45, 7) is 9.61. The molecule has 0 aromatic rings. The minimum Gasteiger partial charge on any atom is -0.312 e. The fourth-order valence-corrected chi connectivity index (χ4v) is 3.23. The number of rotatable bonds is 3. The van der Waals surface area contributed by atoms with Crippen molar-refractivity contribution in [1.82, 2.24) is 15.1 Å². The Balaban J connectivity index is 1.71. The average Bonchev–Trinajstić information content (AvgIpc) is 2.32. The monoisotopic (exact) mass is 253 g/mol. The van der Waals surface area contributed by atoms with E-state index in [0.717, 1.165) is 12.6 Å². The van der Waals surface area contributed by atoms with Crippen LogP contribution < -0.4 is 5.32 Å². The van der Waals surface area contributed by atoms with Gasteiger partial charge < -0.3 is 10.2 Å². The Morgan fingerprint density at radius 1 is 1.11 bits per heavy atom. The summed E-state index contributed by atoms with van der Waals surface area (Å²) in [6.07, 6.45) is 5.48. The molecule has 1 atom stereocenters. The number of hydrogen-bond acceptors (Lipinski definition) is 3. The van der Waals surface area contributed by atoms with E-state index in [1.807, 2.05) is 0 Å². The molecule has 0 amide bonds. The first kappa shape index (κ1) is 14.3. The second-order valence-electron chi connectivity index (χ2n) is 7.24. The first-order valence-corrected chi connectivity index (χ1v) is 7.58. The average molecular weight is 253 g/mol. The lowest BCUT2D eigenvalue weighted by atomic mass is 9.75. The Kier molecular flexibility index (Phi) is 4.68. The van der Waals surface area contributed by atoms with Crippen LogP contribution in [-0.2, 0) is 0 Å². The third-order valence-corrected chi connectivity index (χ3v) is 4.96. The Morgan fingerprint density at radius 3 is 2.44 bits per heavy atom. The highest BCUT2D eigenvalue weighted by molar-refractivity contribution is 4.85. The number of nitrogens with one attached hydrogen (secondary N) is 1. The molecule has 1 saturated heterocycles. The summed E-state index contributed by atoms with van der Waals surface area (Å²) in [7, 11) is 4.51. The molecular weight excluding hydrogens is 222 g/mol. The zero-order valence-electron chi connectivity index (χ0n) is 12.7. The highest BCUT2D eigenvalue weighted by Crippen LogP contribution is 2.34. The summed E-state index contributed by atoms with van der Waals surface area (Å²) in [5.74, 6) is 0.